The van der Waals surface area contributed by atoms with Crippen LogP contribution in [0.4, 0.5) is 11.9 Å². The summed E-state index contributed by atoms with van der Waals surface area (Å²) in [6.07, 6.45) is 24.3. The Morgan fingerprint density at radius 1 is 1.12 bits per heavy atom. The zero-order chi connectivity index (χ0) is 23.5. The summed E-state index contributed by atoms with van der Waals surface area (Å²) in [5, 5.41) is 21.1. The fraction of sp³-hybridized carbons (Fsp3) is 0.400. The summed E-state index contributed by atoms with van der Waals surface area (Å²) >= 11 is 0. The fourth-order valence-corrected chi connectivity index (χ4v) is 3.53. The molecule has 1 aromatic heterocycles. The van der Waals surface area contributed by atoms with Gasteiger partial charge in [0.25, 0.3) is 0 Å². The topological polar surface area (TPSA) is 113 Å². The van der Waals surface area contributed by atoms with Crippen molar-refractivity contribution in [2.45, 2.75) is 52.0 Å². The van der Waals surface area contributed by atoms with Crippen molar-refractivity contribution in [2.75, 3.05) is 17.7 Å². The molecule has 1 aromatic rings. The van der Waals surface area contributed by atoms with Crippen molar-refractivity contribution in [3.05, 3.63) is 66.2 Å². The van der Waals surface area contributed by atoms with E-state index < -0.39 is 0 Å². The van der Waals surface area contributed by atoms with Crippen molar-refractivity contribution in [1.82, 2.24) is 20.1 Å². The predicted molar refractivity (Wildman–Crippen MR) is 136 cm³/mol. The van der Waals surface area contributed by atoms with E-state index in [4.69, 9.17) is 5.73 Å². The molecule has 0 aromatic carbocycles. The molecule has 0 radical (unpaired) electrons. The Hall–Kier alpha value is -3.39. The molecule has 2 heterocycles. The quantitative estimate of drug-likeness (QED) is 0.474. The first-order valence-corrected chi connectivity index (χ1v) is 11.6. The Bertz CT molecular complexity index is 992. The van der Waals surface area contributed by atoms with Crippen LogP contribution in [0, 0.1) is 5.92 Å². The summed E-state index contributed by atoms with van der Waals surface area (Å²) in [5.41, 5.74) is 7.95. The number of nitrogens with one attached hydrogen (secondary N) is 2. The van der Waals surface area contributed by atoms with Crippen LogP contribution in [0.15, 0.2) is 71.2 Å². The molecule has 176 valence electrons. The zero-order valence-corrected chi connectivity index (χ0v) is 19.5. The number of aliphatic hydroxyl groups excluding tert-OH is 1. The molecule has 0 amide bonds. The second-order valence-electron chi connectivity index (χ2n) is 8.48. The first kappa shape index (κ1) is 24.3. The van der Waals surface area contributed by atoms with Crippen LogP contribution < -0.4 is 16.4 Å². The summed E-state index contributed by atoms with van der Waals surface area (Å²) in [6, 6.07) is -0.0936. The lowest BCUT2D eigenvalue weighted by atomic mass is 10.0. The third kappa shape index (κ3) is 7.91. The van der Waals surface area contributed by atoms with Crippen LogP contribution in [0.2, 0.25) is 0 Å². The second-order valence-corrected chi connectivity index (χ2v) is 8.48. The molecule has 1 aliphatic carbocycles. The minimum atomic E-state index is -0.0936. The minimum Gasteiger partial charge on any atom is -0.394 e. The van der Waals surface area contributed by atoms with Crippen LogP contribution in [-0.4, -0.2) is 38.7 Å². The van der Waals surface area contributed by atoms with Crippen LogP contribution in [-0.2, 0) is 0 Å². The van der Waals surface area contributed by atoms with Gasteiger partial charge in [-0.3, -0.25) is 0 Å². The van der Waals surface area contributed by atoms with E-state index in [0.29, 0.717) is 17.7 Å². The number of nitrogen functional groups attached to an aromatic ring is 1. The molecule has 0 saturated carbocycles. The number of allylic oxidation sites excluding steroid dienone is 10. The van der Waals surface area contributed by atoms with Gasteiger partial charge in [0, 0.05) is 24.4 Å². The average Bonchev–Trinajstić information content (AvgIpc) is 2.97. The van der Waals surface area contributed by atoms with Crippen molar-refractivity contribution < 1.29 is 5.11 Å². The fourth-order valence-electron chi connectivity index (χ4n) is 3.53. The van der Waals surface area contributed by atoms with Crippen LogP contribution in [0.5, 0.6) is 0 Å². The van der Waals surface area contributed by atoms with E-state index in [1.807, 2.05) is 48.7 Å². The van der Waals surface area contributed by atoms with E-state index in [2.05, 4.69) is 51.7 Å². The van der Waals surface area contributed by atoms with Crippen molar-refractivity contribution in [3.8, 4) is 0 Å². The molecule has 33 heavy (non-hydrogen) atoms. The molecular formula is C25H35N7O. The highest BCUT2D eigenvalue weighted by molar-refractivity contribution is 5.65. The van der Waals surface area contributed by atoms with E-state index in [9.17, 15) is 5.11 Å². The van der Waals surface area contributed by atoms with E-state index in [0.717, 1.165) is 43.5 Å². The lowest BCUT2D eigenvalue weighted by molar-refractivity contribution is 0.232. The third-order valence-corrected chi connectivity index (χ3v) is 5.09. The number of aromatic nitrogens is 3. The van der Waals surface area contributed by atoms with Gasteiger partial charge in [-0.15, -0.1) is 5.10 Å². The van der Waals surface area contributed by atoms with E-state index in [1.54, 1.807) is 4.68 Å². The van der Waals surface area contributed by atoms with Gasteiger partial charge >= 0.3 is 0 Å². The monoisotopic (exact) mass is 449 g/mol. The number of hydrogen-bond donors (Lipinski definition) is 4. The van der Waals surface area contributed by atoms with Crippen molar-refractivity contribution >= 4 is 23.8 Å². The number of rotatable bonds is 8. The minimum absolute atomic E-state index is 0.0293. The largest absolute Gasteiger partial charge is 0.394 e. The van der Waals surface area contributed by atoms with Gasteiger partial charge in [0.1, 0.15) is 5.82 Å². The summed E-state index contributed by atoms with van der Waals surface area (Å²) in [5.74, 6) is 1.80. The van der Waals surface area contributed by atoms with Gasteiger partial charge in [-0.25, -0.2) is 4.99 Å². The molecule has 5 N–H and O–H groups in total. The summed E-state index contributed by atoms with van der Waals surface area (Å²) in [6.45, 7) is 4.30. The Labute approximate surface area is 196 Å². The van der Waals surface area contributed by atoms with E-state index >= 15 is 0 Å². The first-order valence-electron chi connectivity index (χ1n) is 11.6. The smallest absolute Gasteiger partial charge is 0.248 e. The highest BCUT2D eigenvalue weighted by Gasteiger charge is 2.14. The number of anilines is 2. The Balaban J connectivity index is 1.90. The molecular weight excluding hydrogens is 414 g/mol. The molecule has 1 aliphatic heterocycles. The number of hydrogen-bond acceptors (Lipinski definition) is 7. The summed E-state index contributed by atoms with van der Waals surface area (Å²) in [7, 11) is 0. The van der Waals surface area contributed by atoms with Crippen LogP contribution >= 0.6 is 0 Å². The molecule has 3 rings (SSSR count). The van der Waals surface area contributed by atoms with Crippen molar-refractivity contribution in [1.29, 1.82) is 0 Å². The normalized spacial score (nSPS) is 21.8. The second kappa shape index (κ2) is 12.6. The molecule has 2 aliphatic rings. The highest BCUT2D eigenvalue weighted by atomic mass is 16.3. The Morgan fingerprint density at radius 2 is 2.00 bits per heavy atom. The number of aliphatic imine (C=N–C) groups is 1. The van der Waals surface area contributed by atoms with Gasteiger partial charge in [0.05, 0.1) is 18.3 Å². The van der Waals surface area contributed by atoms with Gasteiger partial charge in [0.2, 0.25) is 11.9 Å². The molecule has 1 atom stereocenters. The Morgan fingerprint density at radius 3 is 2.82 bits per heavy atom. The van der Waals surface area contributed by atoms with Crippen LogP contribution in [0.25, 0.3) is 5.70 Å². The van der Waals surface area contributed by atoms with Gasteiger partial charge in [-0.1, -0.05) is 50.3 Å². The van der Waals surface area contributed by atoms with Crippen molar-refractivity contribution in [2.24, 2.45) is 10.9 Å². The molecule has 0 bridgehead atoms. The van der Waals surface area contributed by atoms with Crippen LogP contribution in [0.1, 0.15) is 46.0 Å². The maximum absolute atomic E-state index is 9.85. The summed E-state index contributed by atoms with van der Waals surface area (Å²) in [4.78, 5) is 9.04. The first-order chi connectivity index (χ1) is 16.0. The molecule has 0 saturated heterocycles. The number of nitrogens with zero attached hydrogens (tertiary/aromatic N) is 4. The molecule has 0 fully saturated rings. The van der Waals surface area contributed by atoms with Gasteiger partial charge in [-0.05, 0) is 43.8 Å². The Kier molecular flexibility index (Phi) is 9.26. The maximum Gasteiger partial charge on any atom is 0.248 e. The number of aliphatic hydroxyl groups is 1. The van der Waals surface area contributed by atoms with Gasteiger partial charge < -0.3 is 21.5 Å². The highest BCUT2D eigenvalue weighted by Crippen LogP contribution is 2.19. The SMILES string of the molecule is CC(C)C[C@H](CO)N\C1=C/C(n2nc(NC3=CC=CC=CC3)nc2N)=C/C=C/CCCC=N1. The lowest BCUT2D eigenvalue weighted by Crippen LogP contribution is -2.33. The molecule has 8 heteroatoms. The van der Waals surface area contributed by atoms with E-state index in [1.165, 1.54) is 0 Å². The van der Waals surface area contributed by atoms with Gasteiger partial charge in [0.15, 0.2) is 0 Å². The standard InChI is InChI=1S/C25H35N7O/c1-19(2)16-21(18-33)28-23-17-22(14-10-4-3-7-11-15-27-23)32-24(26)30-25(31-32)29-20-12-8-5-6-9-13-20/h4-6,8-10,12,14-15,17,19,21,28,33H,3,7,11,13,16,18H2,1-2H3,(H3,26,29,30,31)/b10-4+,22-14-,23-17-,27-15?/t21-/m1/s1. The summed E-state index contributed by atoms with van der Waals surface area (Å²) < 4.78 is 1.60. The predicted octanol–water partition coefficient (Wildman–Crippen LogP) is 4.16. The maximum atomic E-state index is 9.85. The average molecular weight is 450 g/mol. The molecule has 8 nitrogen and oxygen atoms in total. The lowest BCUT2D eigenvalue weighted by Gasteiger charge is -2.20. The zero-order valence-electron chi connectivity index (χ0n) is 19.5. The number of nitrogens with two attached hydrogens (primary N) is 1. The van der Waals surface area contributed by atoms with E-state index in [-0.39, 0.29) is 18.6 Å². The molecule has 0 spiro atoms. The van der Waals surface area contributed by atoms with Gasteiger partial charge in [-0.2, -0.15) is 9.67 Å². The third-order valence-electron chi connectivity index (χ3n) is 5.09. The van der Waals surface area contributed by atoms with Crippen LogP contribution in [0.3, 0.4) is 0 Å². The molecule has 0 unspecified atom stereocenters. The van der Waals surface area contributed by atoms with Crippen molar-refractivity contribution in [3.63, 3.8) is 0 Å².